The molecule has 2 fully saturated rings. The maximum absolute atomic E-state index is 12.9. The van der Waals surface area contributed by atoms with Crippen LogP contribution in [-0.4, -0.2) is 114 Å². The zero-order valence-electron chi connectivity index (χ0n) is 21.9. The van der Waals surface area contributed by atoms with Crippen molar-refractivity contribution in [2.45, 2.75) is 68.3 Å². The Morgan fingerprint density at radius 1 is 0.762 bits per heavy atom. The molecule has 42 heavy (non-hydrogen) atoms. The van der Waals surface area contributed by atoms with E-state index in [1.165, 1.54) is 31.2 Å². The van der Waals surface area contributed by atoms with Gasteiger partial charge in [0.2, 0.25) is 12.0 Å². The molecule has 0 aliphatic carbocycles. The lowest BCUT2D eigenvalue weighted by Crippen LogP contribution is -2.61. The minimum absolute atomic E-state index is 0.0261. The average molecular weight is 595 g/mol. The highest BCUT2D eigenvalue weighted by atomic mass is 16.7. The van der Waals surface area contributed by atoms with Gasteiger partial charge in [-0.05, 0) is 31.2 Å². The molecule has 0 radical (unpaired) electrons. The van der Waals surface area contributed by atoms with Crippen molar-refractivity contribution in [3.63, 3.8) is 0 Å². The van der Waals surface area contributed by atoms with Crippen LogP contribution in [-0.2, 0) is 14.2 Å². The first-order chi connectivity index (χ1) is 19.9. The molecule has 5 rings (SSSR count). The van der Waals surface area contributed by atoms with Gasteiger partial charge in [0.1, 0.15) is 65.4 Å². The number of ether oxygens (including phenoxy) is 4. The minimum Gasteiger partial charge on any atom is -0.508 e. The maximum atomic E-state index is 12.9. The topological polar surface area (TPSA) is 249 Å². The van der Waals surface area contributed by atoms with Gasteiger partial charge in [-0.15, -0.1) is 0 Å². The van der Waals surface area contributed by atoms with E-state index >= 15 is 0 Å². The highest BCUT2D eigenvalue weighted by Gasteiger charge is 2.47. The second-order valence-corrected chi connectivity index (χ2v) is 10.1. The predicted molar refractivity (Wildman–Crippen MR) is 139 cm³/mol. The van der Waals surface area contributed by atoms with Crippen LogP contribution >= 0.6 is 0 Å². The molecule has 2 aliphatic rings. The summed E-state index contributed by atoms with van der Waals surface area (Å²) in [7, 11) is 0. The lowest BCUT2D eigenvalue weighted by Gasteiger charge is -2.42. The molecule has 15 nitrogen and oxygen atoms in total. The number of rotatable bonds is 6. The first-order valence-electron chi connectivity index (χ1n) is 12.9. The molecule has 1 aromatic heterocycles. The highest BCUT2D eigenvalue weighted by Crippen LogP contribution is 2.42. The first-order valence-corrected chi connectivity index (χ1v) is 12.9. The number of aromatic hydroxyl groups is 3. The zero-order chi connectivity index (χ0) is 30.5. The summed E-state index contributed by atoms with van der Waals surface area (Å²) in [5, 5.41) is 91.8. The van der Waals surface area contributed by atoms with Gasteiger partial charge < -0.3 is 69.3 Å². The fourth-order valence-electron chi connectivity index (χ4n) is 4.77. The number of aliphatic hydroxyl groups is 6. The van der Waals surface area contributed by atoms with Crippen LogP contribution in [0.5, 0.6) is 23.0 Å². The Bertz CT molecular complexity index is 1470. The van der Waals surface area contributed by atoms with Crippen LogP contribution in [0.3, 0.4) is 0 Å². The Hall–Kier alpha value is -3.51. The minimum atomic E-state index is -1.90. The number of phenols is 3. The molecule has 15 heteroatoms. The first kappa shape index (κ1) is 30.0. The van der Waals surface area contributed by atoms with E-state index in [1.54, 1.807) is 0 Å². The predicted octanol–water partition coefficient (Wildman–Crippen LogP) is -1.39. The van der Waals surface area contributed by atoms with Crippen molar-refractivity contribution in [1.29, 1.82) is 0 Å². The molecule has 10 unspecified atom stereocenters. The highest BCUT2D eigenvalue weighted by molar-refractivity contribution is 5.91. The van der Waals surface area contributed by atoms with Gasteiger partial charge in [-0.2, -0.15) is 0 Å². The van der Waals surface area contributed by atoms with Crippen molar-refractivity contribution in [3.8, 4) is 34.3 Å². The van der Waals surface area contributed by atoms with Gasteiger partial charge >= 0.3 is 0 Å². The van der Waals surface area contributed by atoms with Crippen LogP contribution in [0, 0.1) is 0 Å². The van der Waals surface area contributed by atoms with E-state index in [4.69, 9.17) is 23.4 Å². The van der Waals surface area contributed by atoms with E-state index < -0.39 is 96.3 Å². The lowest BCUT2D eigenvalue weighted by molar-refractivity contribution is -0.318. The monoisotopic (exact) mass is 594 g/mol. The molecule has 3 heterocycles. The van der Waals surface area contributed by atoms with E-state index in [0.717, 1.165) is 12.1 Å². The SMILES string of the molecule is CC1OC(OCC2OC(Oc3c(O)cc(O)c4c(=O)cc(-c5ccc(O)cc5)oc34)C(O)C(O)C2O)C(O)C(O)C1O. The molecule has 0 amide bonds. The Kier molecular flexibility index (Phi) is 8.30. The normalized spacial score (nSPS) is 33.5. The van der Waals surface area contributed by atoms with E-state index in [-0.39, 0.29) is 16.9 Å². The van der Waals surface area contributed by atoms with E-state index in [2.05, 4.69) is 0 Å². The summed E-state index contributed by atoms with van der Waals surface area (Å²) in [6.07, 6.45) is -15.7. The second kappa shape index (κ2) is 11.6. The molecule has 9 N–H and O–H groups in total. The quantitative estimate of drug-likeness (QED) is 0.159. The van der Waals surface area contributed by atoms with Gasteiger partial charge in [-0.3, -0.25) is 4.79 Å². The van der Waals surface area contributed by atoms with Crippen LogP contribution < -0.4 is 10.2 Å². The third-order valence-electron chi connectivity index (χ3n) is 7.20. The van der Waals surface area contributed by atoms with Gasteiger partial charge in [0.25, 0.3) is 0 Å². The molecule has 0 saturated carbocycles. The van der Waals surface area contributed by atoms with Crippen molar-refractivity contribution in [2.24, 2.45) is 0 Å². The van der Waals surface area contributed by atoms with Crippen molar-refractivity contribution in [3.05, 3.63) is 46.6 Å². The van der Waals surface area contributed by atoms with Crippen LogP contribution in [0.25, 0.3) is 22.3 Å². The van der Waals surface area contributed by atoms with E-state index in [9.17, 15) is 50.8 Å². The van der Waals surface area contributed by atoms with Crippen LogP contribution in [0.15, 0.2) is 45.6 Å². The molecular formula is C27H30O15. The molecule has 2 aliphatic heterocycles. The number of benzene rings is 2. The summed E-state index contributed by atoms with van der Waals surface area (Å²) in [4.78, 5) is 12.9. The third kappa shape index (κ3) is 5.49. The summed E-state index contributed by atoms with van der Waals surface area (Å²) < 4.78 is 27.8. The molecule has 228 valence electrons. The number of aliphatic hydroxyl groups excluding tert-OH is 6. The Balaban J connectivity index is 1.43. The average Bonchev–Trinajstić information content (AvgIpc) is 2.95. The fraction of sp³-hybridized carbons (Fsp3) is 0.444. The van der Waals surface area contributed by atoms with Gasteiger partial charge in [-0.25, -0.2) is 0 Å². The molecule has 2 aromatic carbocycles. The smallest absolute Gasteiger partial charge is 0.229 e. The number of hydrogen-bond donors (Lipinski definition) is 9. The number of phenolic OH excluding ortho intramolecular Hbond substituents is 3. The molecule has 0 bridgehead atoms. The molecule has 0 spiro atoms. The zero-order valence-corrected chi connectivity index (χ0v) is 21.9. The van der Waals surface area contributed by atoms with Crippen molar-refractivity contribution in [2.75, 3.05) is 6.61 Å². The van der Waals surface area contributed by atoms with E-state index in [0.29, 0.717) is 5.56 Å². The Morgan fingerprint density at radius 2 is 1.40 bits per heavy atom. The summed E-state index contributed by atoms with van der Waals surface area (Å²) in [6.45, 7) is 0.871. The summed E-state index contributed by atoms with van der Waals surface area (Å²) >= 11 is 0. The molecule has 3 aromatic rings. The second-order valence-electron chi connectivity index (χ2n) is 10.1. The van der Waals surface area contributed by atoms with E-state index in [1.807, 2.05) is 0 Å². The summed E-state index contributed by atoms with van der Waals surface area (Å²) in [5.41, 5.74) is -0.807. The molecule has 2 saturated heterocycles. The fourth-order valence-corrected chi connectivity index (χ4v) is 4.77. The van der Waals surface area contributed by atoms with Crippen molar-refractivity contribution < 1.29 is 69.3 Å². The van der Waals surface area contributed by atoms with Crippen LogP contribution in [0.4, 0.5) is 0 Å². The third-order valence-corrected chi connectivity index (χ3v) is 7.20. The van der Waals surface area contributed by atoms with Crippen LogP contribution in [0.2, 0.25) is 0 Å². The van der Waals surface area contributed by atoms with Gasteiger partial charge in [0.15, 0.2) is 23.1 Å². The lowest BCUT2D eigenvalue weighted by atomic mass is 9.98. The van der Waals surface area contributed by atoms with Crippen LogP contribution in [0.1, 0.15) is 6.92 Å². The Morgan fingerprint density at radius 3 is 2.10 bits per heavy atom. The van der Waals surface area contributed by atoms with Gasteiger partial charge in [-0.1, -0.05) is 0 Å². The molecule has 10 atom stereocenters. The molecular weight excluding hydrogens is 564 g/mol. The van der Waals surface area contributed by atoms with Gasteiger partial charge in [0, 0.05) is 17.7 Å². The largest absolute Gasteiger partial charge is 0.508 e. The summed E-state index contributed by atoms with van der Waals surface area (Å²) in [6, 6.07) is 7.47. The van der Waals surface area contributed by atoms with Crippen molar-refractivity contribution in [1.82, 2.24) is 0 Å². The standard InChI is InChI=1S/C27H30O15/c1-9-18(32)20(34)22(36)26(39-9)38-8-16-19(33)21(35)23(37)27(41-16)42-24-14(31)6-12(29)17-13(30)7-15(40-25(17)24)10-2-4-11(28)5-3-10/h2-7,9,16,18-23,26-29,31-37H,8H2,1H3. The van der Waals surface area contributed by atoms with Crippen molar-refractivity contribution >= 4 is 11.0 Å². The van der Waals surface area contributed by atoms with Gasteiger partial charge in [0.05, 0.1) is 12.7 Å². The summed E-state index contributed by atoms with van der Waals surface area (Å²) in [5.74, 6) is -1.99. The number of fused-ring (bicyclic) bond motifs is 1. The number of hydrogen-bond acceptors (Lipinski definition) is 15. The Labute approximate surface area is 236 Å². The maximum Gasteiger partial charge on any atom is 0.229 e.